The van der Waals surface area contributed by atoms with E-state index in [-0.39, 0.29) is 0 Å². The second-order valence-electron chi connectivity index (χ2n) is 5.27. The van der Waals surface area contributed by atoms with E-state index in [0.29, 0.717) is 6.04 Å². The molecular formula is C14H19ClN4S. The zero-order valence-electron chi connectivity index (χ0n) is 11.6. The zero-order valence-corrected chi connectivity index (χ0v) is 13.2. The Balaban J connectivity index is 1.86. The lowest BCUT2D eigenvalue weighted by Crippen LogP contribution is -2.46. The number of anilines is 1. The van der Waals surface area contributed by atoms with Crippen LogP contribution in [0.4, 0.5) is 5.69 Å². The van der Waals surface area contributed by atoms with Gasteiger partial charge in [0.05, 0.1) is 22.4 Å². The van der Waals surface area contributed by atoms with E-state index in [0.717, 1.165) is 41.4 Å². The molecule has 4 nitrogen and oxygen atoms in total. The summed E-state index contributed by atoms with van der Waals surface area (Å²) >= 11 is 7.67. The van der Waals surface area contributed by atoms with Crippen LogP contribution in [0.5, 0.6) is 0 Å². The van der Waals surface area contributed by atoms with Gasteiger partial charge in [-0.2, -0.15) is 8.75 Å². The van der Waals surface area contributed by atoms with Crippen LogP contribution in [-0.2, 0) is 0 Å². The summed E-state index contributed by atoms with van der Waals surface area (Å²) in [5.74, 6) is 0. The highest BCUT2D eigenvalue weighted by Crippen LogP contribution is 2.34. The van der Waals surface area contributed by atoms with Crippen molar-refractivity contribution in [3.05, 3.63) is 17.2 Å². The molecule has 1 saturated heterocycles. The Morgan fingerprint density at radius 3 is 3.20 bits per heavy atom. The summed E-state index contributed by atoms with van der Waals surface area (Å²) in [6.45, 7) is 5.32. The average molecular weight is 311 g/mol. The first-order valence-electron chi connectivity index (χ1n) is 7.18. The molecule has 2 heterocycles. The first kappa shape index (κ1) is 14.0. The van der Waals surface area contributed by atoms with E-state index < -0.39 is 0 Å². The van der Waals surface area contributed by atoms with E-state index in [1.54, 1.807) is 0 Å². The van der Waals surface area contributed by atoms with Gasteiger partial charge in [-0.1, -0.05) is 18.5 Å². The highest BCUT2D eigenvalue weighted by atomic mass is 35.5. The molecule has 1 N–H and O–H groups in total. The molecule has 1 aliphatic heterocycles. The highest BCUT2D eigenvalue weighted by molar-refractivity contribution is 7.00. The van der Waals surface area contributed by atoms with Gasteiger partial charge in [0.15, 0.2) is 0 Å². The van der Waals surface area contributed by atoms with Crippen LogP contribution in [0.3, 0.4) is 0 Å². The number of hydrogen-bond acceptors (Lipinski definition) is 5. The van der Waals surface area contributed by atoms with Crippen molar-refractivity contribution in [1.82, 2.24) is 14.1 Å². The number of fused-ring (bicyclic) bond motifs is 1. The fraction of sp³-hybridized carbons (Fsp3) is 0.571. The molecule has 1 aliphatic rings. The predicted molar refractivity (Wildman–Crippen MR) is 86.0 cm³/mol. The smallest absolute Gasteiger partial charge is 0.129 e. The maximum atomic E-state index is 6.42. The summed E-state index contributed by atoms with van der Waals surface area (Å²) in [6.07, 6.45) is 3.59. The minimum atomic E-state index is 0.543. The molecule has 0 bridgehead atoms. The quantitative estimate of drug-likeness (QED) is 0.940. The van der Waals surface area contributed by atoms with E-state index in [1.807, 2.05) is 12.1 Å². The molecule has 1 atom stereocenters. The van der Waals surface area contributed by atoms with Gasteiger partial charge in [0.1, 0.15) is 11.0 Å². The molecule has 20 heavy (non-hydrogen) atoms. The third kappa shape index (κ3) is 2.75. The van der Waals surface area contributed by atoms with Gasteiger partial charge in [-0.05, 0) is 37.9 Å². The summed E-state index contributed by atoms with van der Waals surface area (Å²) in [7, 11) is 0. The van der Waals surface area contributed by atoms with Crippen LogP contribution >= 0.6 is 23.3 Å². The molecule has 0 saturated carbocycles. The zero-order chi connectivity index (χ0) is 13.9. The largest absolute Gasteiger partial charge is 0.367 e. The van der Waals surface area contributed by atoms with E-state index in [4.69, 9.17) is 11.6 Å². The number of nitrogens with one attached hydrogen (secondary N) is 1. The maximum Gasteiger partial charge on any atom is 0.129 e. The molecule has 1 aromatic heterocycles. The molecule has 1 unspecified atom stereocenters. The normalized spacial score (nSPS) is 19.7. The van der Waals surface area contributed by atoms with Crippen molar-refractivity contribution in [2.45, 2.75) is 32.2 Å². The second kappa shape index (κ2) is 6.24. The molecule has 0 spiro atoms. The Bertz CT molecular complexity index is 586. The second-order valence-corrected chi connectivity index (χ2v) is 6.20. The summed E-state index contributed by atoms with van der Waals surface area (Å²) in [6, 6.07) is 4.42. The van der Waals surface area contributed by atoms with E-state index in [1.165, 1.54) is 31.0 Å². The minimum Gasteiger partial charge on any atom is -0.367 e. The summed E-state index contributed by atoms with van der Waals surface area (Å²) in [4.78, 5) is 2.36. The first-order chi connectivity index (χ1) is 9.79. The van der Waals surface area contributed by atoms with Crippen molar-refractivity contribution in [3.63, 3.8) is 0 Å². The molecule has 0 radical (unpaired) electrons. The third-order valence-corrected chi connectivity index (χ3v) is 4.62. The number of rotatable bonds is 4. The molecular weight excluding hydrogens is 292 g/mol. The van der Waals surface area contributed by atoms with Gasteiger partial charge in [-0.25, -0.2) is 0 Å². The Morgan fingerprint density at radius 2 is 2.35 bits per heavy atom. The van der Waals surface area contributed by atoms with Gasteiger partial charge in [0.2, 0.25) is 0 Å². The molecule has 0 amide bonds. The maximum absolute atomic E-state index is 6.42. The lowest BCUT2D eigenvalue weighted by atomic mass is 10.0. The summed E-state index contributed by atoms with van der Waals surface area (Å²) in [5.41, 5.74) is 2.94. The molecule has 108 valence electrons. The molecule has 0 aliphatic carbocycles. The lowest BCUT2D eigenvalue weighted by molar-refractivity contribution is 0.424. The van der Waals surface area contributed by atoms with Crippen LogP contribution in [0.25, 0.3) is 11.0 Å². The van der Waals surface area contributed by atoms with Gasteiger partial charge < -0.3 is 10.2 Å². The molecule has 1 aromatic carbocycles. The number of halogens is 1. The van der Waals surface area contributed by atoms with Crippen molar-refractivity contribution in [3.8, 4) is 0 Å². The highest BCUT2D eigenvalue weighted by Gasteiger charge is 2.23. The van der Waals surface area contributed by atoms with Crippen molar-refractivity contribution in [2.24, 2.45) is 0 Å². The van der Waals surface area contributed by atoms with Crippen LogP contribution in [-0.4, -0.2) is 34.4 Å². The number of benzene rings is 1. The summed E-state index contributed by atoms with van der Waals surface area (Å²) < 4.78 is 8.74. The van der Waals surface area contributed by atoms with Crippen molar-refractivity contribution in [1.29, 1.82) is 0 Å². The standard InChI is InChI=1S/C14H19ClN4S/c1-2-7-16-10-4-3-8-19(9-10)14-11(15)5-6-12-13(14)18-20-17-12/h5-6,10,16H,2-4,7-9H2,1H3. The number of hydrogen-bond donors (Lipinski definition) is 1. The van der Waals surface area contributed by atoms with Crippen LogP contribution in [0.15, 0.2) is 12.1 Å². The van der Waals surface area contributed by atoms with Gasteiger partial charge >= 0.3 is 0 Å². The molecule has 3 rings (SSSR count). The Labute approximate surface area is 128 Å². The van der Waals surface area contributed by atoms with E-state index in [2.05, 4.69) is 25.9 Å². The van der Waals surface area contributed by atoms with Gasteiger partial charge in [-0.3, -0.25) is 0 Å². The van der Waals surface area contributed by atoms with Crippen LogP contribution in [0.1, 0.15) is 26.2 Å². The van der Waals surface area contributed by atoms with Gasteiger partial charge in [0.25, 0.3) is 0 Å². The van der Waals surface area contributed by atoms with Gasteiger partial charge in [0, 0.05) is 19.1 Å². The van der Waals surface area contributed by atoms with Gasteiger partial charge in [-0.15, -0.1) is 0 Å². The molecule has 6 heteroatoms. The van der Waals surface area contributed by atoms with Crippen molar-refractivity contribution >= 4 is 40.0 Å². The fourth-order valence-corrected chi connectivity index (χ4v) is 3.62. The van der Waals surface area contributed by atoms with Crippen LogP contribution in [0, 0.1) is 0 Å². The minimum absolute atomic E-state index is 0.543. The topological polar surface area (TPSA) is 41.0 Å². The van der Waals surface area contributed by atoms with Crippen LogP contribution in [0.2, 0.25) is 5.02 Å². The molecule has 2 aromatic rings. The van der Waals surface area contributed by atoms with E-state index >= 15 is 0 Å². The fourth-order valence-electron chi connectivity index (χ4n) is 2.81. The SMILES string of the molecule is CCCNC1CCCN(c2c(Cl)ccc3nsnc23)C1. The lowest BCUT2D eigenvalue weighted by Gasteiger charge is -2.35. The van der Waals surface area contributed by atoms with Crippen LogP contribution < -0.4 is 10.2 Å². The summed E-state index contributed by atoms with van der Waals surface area (Å²) in [5, 5.41) is 4.39. The predicted octanol–water partition coefficient (Wildman–Crippen LogP) is 3.31. The van der Waals surface area contributed by atoms with E-state index in [9.17, 15) is 0 Å². The number of piperidine rings is 1. The first-order valence-corrected chi connectivity index (χ1v) is 8.29. The molecule has 1 fully saturated rings. The Hall–Kier alpha value is -0.910. The van der Waals surface area contributed by atoms with Crippen molar-refractivity contribution < 1.29 is 0 Å². The third-order valence-electron chi connectivity index (χ3n) is 3.77. The number of aromatic nitrogens is 2. The Morgan fingerprint density at radius 1 is 1.45 bits per heavy atom. The average Bonchev–Trinajstić information content (AvgIpc) is 2.93. The Kier molecular flexibility index (Phi) is 4.38. The van der Waals surface area contributed by atoms with Crippen molar-refractivity contribution in [2.75, 3.05) is 24.5 Å². The monoisotopic (exact) mass is 310 g/mol. The number of nitrogens with zero attached hydrogens (tertiary/aromatic N) is 3.